The normalized spacial score (nSPS) is 23.0. The fourth-order valence-corrected chi connectivity index (χ4v) is 3.30. The van der Waals surface area contributed by atoms with E-state index in [1.54, 1.807) is 0 Å². The van der Waals surface area contributed by atoms with Crippen LogP contribution in [0.25, 0.3) is 0 Å². The summed E-state index contributed by atoms with van der Waals surface area (Å²) in [4.78, 5) is 2.57. The number of nitrogens with zero attached hydrogens (tertiary/aromatic N) is 1. The van der Waals surface area contributed by atoms with Gasteiger partial charge in [-0.25, -0.2) is 0 Å². The van der Waals surface area contributed by atoms with Crippen molar-refractivity contribution in [3.8, 4) is 0 Å². The summed E-state index contributed by atoms with van der Waals surface area (Å²) in [5.41, 5.74) is 2.70. The Morgan fingerprint density at radius 2 is 2.05 bits per heavy atom. The van der Waals surface area contributed by atoms with E-state index in [-0.39, 0.29) is 0 Å². The molecule has 0 radical (unpaired) electrons. The third-order valence-corrected chi connectivity index (χ3v) is 4.66. The van der Waals surface area contributed by atoms with Crippen molar-refractivity contribution in [1.82, 2.24) is 10.2 Å². The highest BCUT2D eigenvalue weighted by Gasteiger charge is 2.28. The summed E-state index contributed by atoms with van der Waals surface area (Å²) < 4.78 is 5.57. The van der Waals surface area contributed by atoms with Gasteiger partial charge in [-0.3, -0.25) is 4.90 Å². The van der Waals surface area contributed by atoms with E-state index in [0.717, 1.165) is 13.1 Å². The summed E-state index contributed by atoms with van der Waals surface area (Å²) in [5, 5.41) is 3.67. The SMILES string of the molecule is CCNC(c1ccc(C)cc1)C(C)N1CCCC(OC)C1. The van der Waals surface area contributed by atoms with Crippen LogP contribution < -0.4 is 5.32 Å². The van der Waals surface area contributed by atoms with Crippen LogP contribution in [-0.2, 0) is 4.74 Å². The number of benzene rings is 1. The van der Waals surface area contributed by atoms with Gasteiger partial charge in [0, 0.05) is 25.7 Å². The van der Waals surface area contributed by atoms with Gasteiger partial charge in [-0.15, -0.1) is 0 Å². The molecule has 3 heteroatoms. The maximum absolute atomic E-state index is 5.57. The molecule has 0 saturated carbocycles. The van der Waals surface area contributed by atoms with Crippen molar-refractivity contribution in [3.05, 3.63) is 35.4 Å². The topological polar surface area (TPSA) is 24.5 Å². The van der Waals surface area contributed by atoms with Crippen LogP contribution in [0.2, 0.25) is 0 Å². The van der Waals surface area contributed by atoms with Gasteiger partial charge in [0.05, 0.1) is 6.10 Å². The number of hydrogen-bond acceptors (Lipinski definition) is 3. The van der Waals surface area contributed by atoms with E-state index in [1.165, 1.54) is 30.5 Å². The number of aryl methyl sites for hydroxylation is 1. The predicted octanol–water partition coefficient (Wildman–Crippen LogP) is 3.14. The Bertz CT molecular complexity index is 418. The number of likely N-dealkylation sites (N-methyl/N-ethyl adjacent to an activating group) is 1. The Labute approximate surface area is 129 Å². The second-order valence-electron chi connectivity index (χ2n) is 6.18. The lowest BCUT2D eigenvalue weighted by molar-refractivity contribution is 0.0107. The molecule has 0 spiro atoms. The molecule has 1 aromatic rings. The summed E-state index contributed by atoms with van der Waals surface area (Å²) in [7, 11) is 1.83. The van der Waals surface area contributed by atoms with Crippen LogP contribution in [0.3, 0.4) is 0 Å². The van der Waals surface area contributed by atoms with Gasteiger partial charge in [0.25, 0.3) is 0 Å². The first kappa shape index (κ1) is 16.5. The van der Waals surface area contributed by atoms with Crippen LogP contribution in [-0.4, -0.2) is 43.8 Å². The molecule has 118 valence electrons. The molecule has 1 fully saturated rings. The molecular formula is C18H30N2O. The van der Waals surface area contributed by atoms with Gasteiger partial charge in [0.1, 0.15) is 0 Å². The monoisotopic (exact) mass is 290 g/mol. The third kappa shape index (κ3) is 4.29. The number of methoxy groups -OCH3 is 1. The number of hydrogen-bond donors (Lipinski definition) is 1. The first-order valence-electron chi connectivity index (χ1n) is 8.22. The lowest BCUT2D eigenvalue weighted by Crippen LogP contribution is -2.49. The molecule has 1 aromatic carbocycles. The average Bonchev–Trinajstić information content (AvgIpc) is 2.53. The fraction of sp³-hybridized carbons (Fsp3) is 0.667. The molecule has 0 bridgehead atoms. The highest BCUT2D eigenvalue weighted by atomic mass is 16.5. The van der Waals surface area contributed by atoms with E-state index in [0.29, 0.717) is 18.2 Å². The van der Waals surface area contributed by atoms with Crippen LogP contribution in [0, 0.1) is 6.92 Å². The molecule has 0 amide bonds. The summed E-state index contributed by atoms with van der Waals surface area (Å²) in [6.07, 6.45) is 2.81. The van der Waals surface area contributed by atoms with Gasteiger partial charge >= 0.3 is 0 Å². The average molecular weight is 290 g/mol. The summed E-state index contributed by atoms with van der Waals surface area (Å²) in [5.74, 6) is 0. The minimum atomic E-state index is 0.381. The van der Waals surface area contributed by atoms with Crippen molar-refractivity contribution in [2.45, 2.75) is 51.8 Å². The lowest BCUT2D eigenvalue weighted by atomic mass is 9.96. The summed E-state index contributed by atoms with van der Waals surface area (Å²) in [6, 6.07) is 9.80. The van der Waals surface area contributed by atoms with E-state index in [1.807, 2.05) is 7.11 Å². The summed E-state index contributed by atoms with van der Waals surface area (Å²) >= 11 is 0. The van der Waals surface area contributed by atoms with Crippen LogP contribution in [0.15, 0.2) is 24.3 Å². The Morgan fingerprint density at radius 3 is 2.67 bits per heavy atom. The first-order chi connectivity index (χ1) is 10.2. The first-order valence-corrected chi connectivity index (χ1v) is 8.22. The molecule has 2 rings (SSSR count). The van der Waals surface area contributed by atoms with Gasteiger partial charge in [-0.1, -0.05) is 36.8 Å². The number of likely N-dealkylation sites (tertiary alicyclic amines) is 1. The predicted molar refractivity (Wildman–Crippen MR) is 88.7 cm³/mol. The zero-order valence-corrected chi connectivity index (χ0v) is 13.9. The van der Waals surface area contributed by atoms with Gasteiger partial charge in [-0.05, 0) is 45.3 Å². The van der Waals surface area contributed by atoms with Crippen molar-refractivity contribution in [3.63, 3.8) is 0 Å². The fourth-order valence-electron chi connectivity index (χ4n) is 3.30. The molecule has 3 atom stereocenters. The molecule has 1 N–H and O–H groups in total. The van der Waals surface area contributed by atoms with Crippen molar-refractivity contribution in [2.24, 2.45) is 0 Å². The number of ether oxygens (including phenoxy) is 1. The maximum Gasteiger partial charge on any atom is 0.0698 e. The van der Waals surface area contributed by atoms with E-state index >= 15 is 0 Å². The van der Waals surface area contributed by atoms with E-state index in [4.69, 9.17) is 4.74 Å². The van der Waals surface area contributed by atoms with Crippen LogP contribution in [0.4, 0.5) is 0 Å². The molecule has 1 aliphatic rings. The van der Waals surface area contributed by atoms with Crippen molar-refractivity contribution >= 4 is 0 Å². The van der Waals surface area contributed by atoms with Crippen LogP contribution in [0.5, 0.6) is 0 Å². The van der Waals surface area contributed by atoms with Crippen molar-refractivity contribution in [2.75, 3.05) is 26.7 Å². The van der Waals surface area contributed by atoms with Crippen LogP contribution >= 0.6 is 0 Å². The zero-order valence-electron chi connectivity index (χ0n) is 13.9. The Hall–Kier alpha value is -0.900. The zero-order chi connectivity index (χ0) is 15.2. The Morgan fingerprint density at radius 1 is 1.33 bits per heavy atom. The number of rotatable bonds is 6. The lowest BCUT2D eigenvalue weighted by Gasteiger charge is -2.40. The van der Waals surface area contributed by atoms with E-state index < -0.39 is 0 Å². The van der Waals surface area contributed by atoms with E-state index in [9.17, 15) is 0 Å². The molecule has 1 saturated heterocycles. The standard InChI is InChI=1S/C18H30N2O/c1-5-19-18(16-10-8-14(2)9-11-16)15(3)20-12-6-7-17(13-20)21-4/h8-11,15,17-19H,5-7,12-13H2,1-4H3. The van der Waals surface area contributed by atoms with Crippen molar-refractivity contribution < 1.29 is 4.74 Å². The quantitative estimate of drug-likeness (QED) is 0.871. The highest BCUT2D eigenvalue weighted by molar-refractivity contribution is 5.25. The second-order valence-corrected chi connectivity index (χ2v) is 6.18. The molecule has 3 unspecified atom stereocenters. The molecule has 1 heterocycles. The minimum absolute atomic E-state index is 0.381. The number of piperidine rings is 1. The third-order valence-electron chi connectivity index (χ3n) is 4.66. The molecule has 0 aliphatic carbocycles. The van der Waals surface area contributed by atoms with Gasteiger partial charge in [0.2, 0.25) is 0 Å². The second kappa shape index (κ2) is 7.92. The van der Waals surface area contributed by atoms with Crippen LogP contribution in [0.1, 0.15) is 43.9 Å². The van der Waals surface area contributed by atoms with Gasteiger partial charge in [0.15, 0.2) is 0 Å². The number of nitrogens with one attached hydrogen (secondary N) is 1. The summed E-state index contributed by atoms with van der Waals surface area (Å²) in [6.45, 7) is 9.88. The van der Waals surface area contributed by atoms with E-state index in [2.05, 4.69) is 55.3 Å². The molecule has 3 nitrogen and oxygen atoms in total. The largest absolute Gasteiger partial charge is 0.380 e. The smallest absolute Gasteiger partial charge is 0.0698 e. The molecule has 1 aliphatic heterocycles. The van der Waals surface area contributed by atoms with Gasteiger partial charge < -0.3 is 10.1 Å². The highest BCUT2D eigenvalue weighted by Crippen LogP contribution is 2.25. The van der Waals surface area contributed by atoms with Gasteiger partial charge in [-0.2, -0.15) is 0 Å². The molecule has 21 heavy (non-hydrogen) atoms. The molecular weight excluding hydrogens is 260 g/mol. The Balaban J connectivity index is 2.11. The maximum atomic E-state index is 5.57. The minimum Gasteiger partial charge on any atom is -0.380 e. The van der Waals surface area contributed by atoms with Crippen molar-refractivity contribution in [1.29, 1.82) is 0 Å². The molecule has 0 aromatic heterocycles. The Kier molecular flexibility index (Phi) is 6.22.